The molecule has 0 aromatic heterocycles. The number of hydrogen-bond donors (Lipinski definition) is 2. The molecule has 0 aliphatic carbocycles. The molecule has 1 heterocycles. The van der Waals surface area contributed by atoms with Gasteiger partial charge in [0.1, 0.15) is 6.10 Å². The fraction of sp³-hybridized carbons (Fsp3) is 0.118. The van der Waals surface area contributed by atoms with Crippen LogP contribution in [0.5, 0.6) is 0 Å². The summed E-state index contributed by atoms with van der Waals surface area (Å²) in [6, 6.07) is 11.8. The minimum atomic E-state index is -0.853. The van der Waals surface area contributed by atoms with Gasteiger partial charge in [0.25, 0.3) is 5.69 Å². The Labute approximate surface area is 147 Å². The number of carbonyl (C=O) groups is 2. The topological polar surface area (TPSA) is 137 Å². The number of nitrogens with two attached hydrogens (primary N) is 1. The highest BCUT2D eigenvalue weighted by Gasteiger charge is 2.31. The van der Waals surface area contributed by atoms with E-state index in [9.17, 15) is 19.7 Å². The molecule has 0 saturated heterocycles. The number of nitrogens with zero attached hydrogens (tertiary/aromatic N) is 2. The molecule has 132 valence electrons. The van der Waals surface area contributed by atoms with Crippen molar-refractivity contribution in [2.45, 2.75) is 12.5 Å². The summed E-state index contributed by atoms with van der Waals surface area (Å²) in [5.74, 6) is -0.434. The number of ether oxygens (including phenoxy) is 1. The summed E-state index contributed by atoms with van der Waals surface area (Å²) < 4.78 is 5.38. The Morgan fingerprint density at radius 1 is 1.23 bits per heavy atom. The molecule has 0 fully saturated rings. The van der Waals surface area contributed by atoms with E-state index in [2.05, 4.69) is 10.5 Å². The van der Waals surface area contributed by atoms with Crippen LogP contribution in [0.15, 0.2) is 53.6 Å². The minimum Gasteiger partial charge on any atom is -0.453 e. The molecule has 3 N–H and O–H groups in total. The number of nitro groups is 1. The maximum absolute atomic E-state index is 12.0. The first-order chi connectivity index (χ1) is 12.5. The lowest BCUT2D eigenvalue weighted by Gasteiger charge is -2.13. The molecule has 0 radical (unpaired) electrons. The van der Waals surface area contributed by atoms with Crippen LogP contribution in [0, 0.1) is 10.1 Å². The molecule has 9 heteroatoms. The molecule has 1 unspecified atom stereocenters. The third kappa shape index (κ3) is 3.51. The molecule has 2 aromatic rings. The standard InChI is InChI=1S/C17H14N4O5/c18-17(23)20-19-14(10-5-7-11(8-6-10)21(24)25)9-15-12-3-1-2-4-13(12)16(22)26-15/h1-8,15H,9H2,(H3,18,20,23)/b19-14-. The van der Waals surface area contributed by atoms with Crippen LogP contribution in [-0.4, -0.2) is 22.6 Å². The molecule has 2 amide bonds. The van der Waals surface area contributed by atoms with Crippen LogP contribution in [0.2, 0.25) is 0 Å². The molecule has 0 bridgehead atoms. The summed E-state index contributed by atoms with van der Waals surface area (Å²) >= 11 is 0. The lowest BCUT2D eigenvalue weighted by atomic mass is 9.98. The normalized spacial score (nSPS) is 15.9. The Kier molecular flexibility index (Phi) is 4.61. The molecule has 1 aliphatic heterocycles. The number of hydrazone groups is 1. The van der Waals surface area contributed by atoms with E-state index in [1.54, 1.807) is 24.3 Å². The Morgan fingerprint density at radius 2 is 1.92 bits per heavy atom. The van der Waals surface area contributed by atoms with Crippen LogP contribution in [-0.2, 0) is 4.74 Å². The fourth-order valence-corrected chi connectivity index (χ4v) is 2.67. The number of primary amides is 1. The highest BCUT2D eigenvalue weighted by molar-refractivity contribution is 6.02. The summed E-state index contributed by atoms with van der Waals surface area (Å²) in [5, 5.41) is 14.8. The number of benzene rings is 2. The number of hydrogen-bond acceptors (Lipinski definition) is 6. The average Bonchev–Trinajstić information content (AvgIpc) is 2.95. The predicted molar refractivity (Wildman–Crippen MR) is 91.6 cm³/mol. The smallest absolute Gasteiger partial charge is 0.339 e. The minimum absolute atomic E-state index is 0.0754. The number of amides is 2. The van der Waals surface area contributed by atoms with Crippen LogP contribution in [0.4, 0.5) is 10.5 Å². The van der Waals surface area contributed by atoms with Crippen LogP contribution >= 0.6 is 0 Å². The highest BCUT2D eigenvalue weighted by atomic mass is 16.6. The van der Waals surface area contributed by atoms with Crippen molar-refractivity contribution in [2.24, 2.45) is 10.8 Å². The molecule has 9 nitrogen and oxygen atoms in total. The highest BCUT2D eigenvalue weighted by Crippen LogP contribution is 2.34. The Morgan fingerprint density at radius 3 is 2.58 bits per heavy atom. The van der Waals surface area contributed by atoms with Gasteiger partial charge in [0.2, 0.25) is 0 Å². The lowest BCUT2D eigenvalue weighted by Crippen LogP contribution is -2.26. The van der Waals surface area contributed by atoms with Gasteiger partial charge in [-0.2, -0.15) is 5.10 Å². The van der Waals surface area contributed by atoms with Crippen LogP contribution < -0.4 is 11.2 Å². The van der Waals surface area contributed by atoms with Crippen LogP contribution in [0.3, 0.4) is 0 Å². The van der Waals surface area contributed by atoms with E-state index in [0.29, 0.717) is 22.4 Å². The number of esters is 1. The van der Waals surface area contributed by atoms with Gasteiger partial charge in [-0.15, -0.1) is 0 Å². The first kappa shape index (κ1) is 17.1. The van der Waals surface area contributed by atoms with Gasteiger partial charge >= 0.3 is 12.0 Å². The van der Waals surface area contributed by atoms with Crippen molar-refractivity contribution < 1.29 is 19.2 Å². The Bertz CT molecular complexity index is 908. The SMILES string of the molecule is NC(=O)N/N=C(/CC1OC(=O)c2ccccc21)c1ccc([N+](=O)[O-])cc1. The third-order valence-corrected chi connectivity index (χ3v) is 3.87. The van der Waals surface area contributed by atoms with E-state index < -0.39 is 23.0 Å². The average molecular weight is 354 g/mol. The van der Waals surface area contributed by atoms with Gasteiger partial charge in [0.15, 0.2) is 0 Å². The molecule has 2 aromatic carbocycles. The number of nitro benzene ring substituents is 1. The van der Waals surface area contributed by atoms with E-state index in [0.717, 1.165) is 0 Å². The van der Waals surface area contributed by atoms with Crippen molar-refractivity contribution in [3.05, 3.63) is 75.3 Å². The molecule has 1 aliphatic rings. The fourth-order valence-electron chi connectivity index (χ4n) is 2.67. The van der Waals surface area contributed by atoms with Crippen molar-refractivity contribution in [2.75, 3.05) is 0 Å². The number of nitrogens with one attached hydrogen (secondary N) is 1. The van der Waals surface area contributed by atoms with Crippen molar-refractivity contribution in [1.82, 2.24) is 5.43 Å². The quantitative estimate of drug-likeness (QED) is 0.367. The maximum atomic E-state index is 12.0. The van der Waals surface area contributed by atoms with E-state index in [4.69, 9.17) is 10.5 Å². The zero-order chi connectivity index (χ0) is 18.7. The van der Waals surface area contributed by atoms with Crippen molar-refractivity contribution in [1.29, 1.82) is 0 Å². The van der Waals surface area contributed by atoms with Crippen molar-refractivity contribution in [3.63, 3.8) is 0 Å². The number of fused-ring (bicyclic) bond motifs is 1. The molecule has 1 atom stereocenters. The molecular weight excluding hydrogens is 340 g/mol. The Hall–Kier alpha value is -3.75. The summed E-state index contributed by atoms with van der Waals surface area (Å²) in [6.45, 7) is 0. The van der Waals surface area contributed by atoms with Crippen LogP contribution in [0.25, 0.3) is 0 Å². The van der Waals surface area contributed by atoms with Gasteiger partial charge in [-0.1, -0.05) is 18.2 Å². The van der Waals surface area contributed by atoms with E-state index in [1.807, 2.05) is 0 Å². The number of carbonyl (C=O) groups excluding carboxylic acids is 2. The van der Waals surface area contributed by atoms with E-state index >= 15 is 0 Å². The predicted octanol–water partition coefficient (Wildman–Crippen LogP) is 2.27. The van der Waals surface area contributed by atoms with Gasteiger partial charge in [-0.05, 0) is 23.8 Å². The largest absolute Gasteiger partial charge is 0.453 e. The second-order valence-electron chi connectivity index (χ2n) is 5.52. The molecule has 0 saturated carbocycles. The maximum Gasteiger partial charge on any atom is 0.339 e. The first-order valence-corrected chi connectivity index (χ1v) is 7.62. The zero-order valence-electron chi connectivity index (χ0n) is 13.4. The van der Waals surface area contributed by atoms with Crippen LogP contribution in [0.1, 0.15) is 34.0 Å². The van der Waals surface area contributed by atoms with Gasteiger partial charge in [-0.25, -0.2) is 15.0 Å². The molecule has 26 heavy (non-hydrogen) atoms. The summed E-state index contributed by atoms with van der Waals surface area (Å²) in [7, 11) is 0. The van der Waals surface area contributed by atoms with E-state index in [-0.39, 0.29) is 12.1 Å². The monoisotopic (exact) mass is 354 g/mol. The van der Waals surface area contributed by atoms with Crippen molar-refractivity contribution >= 4 is 23.4 Å². The van der Waals surface area contributed by atoms with Crippen molar-refractivity contribution in [3.8, 4) is 0 Å². The first-order valence-electron chi connectivity index (χ1n) is 7.62. The number of cyclic esters (lactones) is 1. The third-order valence-electron chi connectivity index (χ3n) is 3.87. The van der Waals surface area contributed by atoms with Gasteiger partial charge < -0.3 is 10.5 Å². The number of rotatable bonds is 5. The second kappa shape index (κ2) is 7.01. The number of urea groups is 1. The summed E-state index contributed by atoms with van der Waals surface area (Å²) in [6.07, 6.45) is -0.414. The summed E-state index contributed by atoms with van der Waals surface area (Å²) in [4.78, 5) is 33.2. The molecule has 3 rings (SSSR count). The van der Waals surface area contributed by atoms with Gasteiger partial charge in [0.05, 0.1) is 16.2 Å². The second-order valence-corrected chi connectivity index (χ2v) is 5.52. The Balaban J connectivity index is 1.90. The number of non-ortho nitro benzene ring substituents is 1. The van der Waals surface area contributed by atoms with Gasteiger partial charge in [0, 0.05) is 24.1 Å². The zero-order valence-corrected chi connectivity index (χ0v) is 13.4. The molecule has 0 spiro atoms. The summed E-state index contributed by atoms with van der Waals surface area (Å²) in [5.41, 5.74) is 9.22. The molecular formula is C17H14N4O5. The van der Waals surface area contributed by atoms with E-state index in [1.165, 1.54) is 24.3 Å². The lowest BCUT2D eigenvalue weighted by molar-refractivity contribution is -0.384. The van der Waals surface area contributed by atoms with Gasteiger partial charge in [-0.3, -0.25) is 10.1 Å².